The molecule has 32 heavy (non-hydrogen) atoms. The van der Waals surface area contributed by atoms with Crippen LogP contribution >= 0.6 is 11.3 Å². The van der Waals surface area contributed by atoms with E-state index in [1.54, 1.807) is 6.07 Å². The second-order valence-corrected chi connectivity index (χ2v) is 11.0. The molecule has 0 atom stereocenters. The van der Waals surface area contributed by atoms with E-state index >= 15 is 8.78 Å². The fraction of sp³-hybridized carbons (Fsp3) is 0.273. The molecule has 2 aromatic carbocycles. The molecule has 6 nitrogen and oxygen atoms in total. The van der Waals surface area contributed by atoms with Crippen LogP contribution < -0.4 is 5.69 Å². The number of hydrogen-bond donors (Lipinski definition) is 0. The predicted octanol–water partition coefficient (Wildman–Crippen LogP) is 4.53. The molecule has 1 fully saturated rings. The minimum Gasteiger partial charge on any atom is -0.254 e. The van der Waals surface area contributed by atoms with Crippen LogP contribution in [0.25, 0.3) is 26.9 Å². The van der Waals surface area contributed by atoms with Crippen LogP contribution in [0.3, 0.4) is 0 Å². The lowest BCUT2D eigenvalue weighted by Crippen LogP contribution is -2.37. The molecular weight excluding hydrogens is 456 g/mol. The Labute approximate surface area is 186 Å². The molecule has 0 spiro atoms. The maximum absolute atomic E-state index is 15.6. The van der Waals surface area contributed by atoms with E-state index in [2.05, 4.69) is 11.6 Å². The Morgan fingerprint density at radius 1 is 1.28 bits per heavy atom. The molecular formula is C22H19F2N3O3S2. The smallest absolute Gasteiger partial charge is 0.254 e. The summed E-state index contributed by atoms with van der Waals surface area (Å²) >= 11 is 1.13. The zero-order chi connectivity index (χ0) is 22.8. The highest BCUT2D eigenvalue weighted by molar-refractivity contribution is 7.91. The molecule has 0 N–H and O–H groups in total. The first kappa shape index (κ1) is 21.0. The third-order valence-corrected chi connectivity index (χ3v) is 9.38. The third kappa shape index (κ3) is 2.75. The van der Waals surface area contributed by atoms with Crippen LogP contribution in [0.2, 0.25) is 0 Å². The average molecular weight is 476 g/mol. The molecule has 4 aromatic rings. The van der Waals surface area contributed by atoms with Gasteiger partial charge in [0.15, 0.2) is 5.82 Å². The average Bonchev–Trinajstić information content (AvgIpc) is 3.29. The van der Waals surface area contributed by atoms with Crippen LogP contribution in [0.15, 0.2) is 47.2 Å². The van der Waals surface area contributed by atoms with Crippen molar-refractivity contribution < 1.29 is 17.2 Å². The van der Waals surface area contributed by atoms with E-state index in [0.717, 1.165) is 15.9 Å². The highest BCUT2D eigenvalue weighted by Gasteiger charge is 2.55. The highest BCUT2D eigenvalue weighted by Crippen LogP contribution is 2.48. The van der Waals surface area contributed by atoms with Crippen molar-refractivity contribution in [3.63, 3.8) is 0 Å². The van der Waals surface area contributed by atoms with Gasteiger partial charge in [-0.05, 0) is 49.4 Å². The van der Waals surface area contributed by atoms with Crippen molar-refractivity contribution in [1.29, 1.82) is 0 Å². The summed E-state index contributed by atoms with van der Waals surface area (Å²) in [4.78, 5) is 17.6. The summed E-state index contributed by atoms with van der Waals surface area (Å²) in [6.45, 7) is 5.49. The predicted molar refractivity (Wildman–Crippen MR) is 121 cm³/mol. The maximum Gasteiger partial charge on any atom is 0.347 e. The molecule has 0 bridgehead atoms. The van der Waals surface area contributed by atoms with Gasteiger partial charge in [0, 0.05) is 0 Å². The molecule has 0 radical (unpaired) electrons. The Bertz CT molecular complexity index is 1580. The summed E-state index contributed by atoms with van der Waals surface area (Å²) in [5, 5.41) is 0. The van der Waals surface area contributed by atoms with Crippen molar-refractivity contribution in [2.24, 2.45) is 0 Å². The molecule has 1 aliphatic rings. The standard InChI is InChI=1S/C22H19F2N3O3S2/c1-3-7-22(8-9-22)32(29,30)27-16-11-17-19(25-12-31-17)18(24)20(16)26(21(27)28)15-6-5-13(4-2)10-14(15)23/h3,5-6,10-12H,1,4,7-9H2,2H3. The summed E-state index contributed by atoms with van der Waals surface area (Å²) in [7, 11) is -4.22. The lowest BCUT2D eigenvalue weighted by molar-refractivity contribution is 0.565. The number of imidazole rings is 1. The van der Waals surface area contributed by atoms with Crippen molar-refractivity contribution >= 4 is 42.6 Å². The first-order valence-electron chi connectivity index (χ1n) is 10.1. The Morgan fingerprint density at radius 2 is 2.03 bits per heavy atom. The molecule has 1 saturated carbocycles. The van der Waals surface area contributed by atoms with E-state index < -0.39 is 32.1 Å². The molecule has 0 aliphatic heterocycles. The molecule has 2 aromatic heterocycles. The maximum atomic E-state index is 15.6. The number of rotatable bonds is 6. The molecule has 0 unspecified atom stereocenters. The molecule has 2 heterocycles. The van der Waals surface area contributed by atoms with Gasteiger partial charge in [-0.15, -0.1) is 17.9 Å². The number of halogens is 2. The number of allylic oxidation sites excluding steroid dienone is 1. The number of benzene rings is 2. The van der Waals surface area contributed by atoms with Crippen LogP contribution in [0.1, 0.15) is 31.7 Å². The van der Waals surface area contributed by atoms with E-state index in [0.29, 0.717) is 33.5 Å². The topological polar surface area (TPSA) is 74.0 Å². The van der Waals surface area contributed by atoms with Gasteiger partial charge in [0.2, 0.25) is 10.0 Å². The van der Waals surface area contributed by atoms with Gasteiger partial charge in [-0.25, -0.2) is 27.0 Å². The van der Waals surface area contributed by atoms with Crippen molar-refractivity contribution in [3.8, 4) is 5.69 Å². The number of fused-ring (bicyclic) bond motifs is 2. The summed E-state index contributed by atoms with van der Waals surface area (Å²) in [6, 6.07) is 5.69. The van der Waals surface area contributed by atoms with E-state index in [1.165, 1.54) is 29.8 Å². The van der Waals surface area contributed by atoms with Crippen molar-refractivity contribution in [3.05, 3.63) is 70.1 Å². The summed E-state index contributed by atoms with van der Waals surface area (Å²) in [5.74, 6) is -1.61. The van der Waals surface area contributed by atoms with E-state index in [-0.39, 0.29) is 28.7 Å². The van der Waals surface area contributed by atoms with Gasteiger partial charge in [-0.2, -0.15) is 3.97 Å². The second-order valence-electron chi connectivity index (χ2n) is 7.96. The Morgan fingerprint density at radius 3 is 2.66 bits per heavy atom. The highest BCUT2D eigenvalue weighted by atomic mass is 32.2. The van der Waals surface area contributed by atoms with E-state index in [1.807, 2.05) is 6.92 Å². The van der Waals surface area contributed by atoms with E-state index in [4.69, 9.17) is 0 Å². The van der Waals surface area contributed by atoms with Crippen LogP contribution in [0.5, 0.6) is 0 Å². The minimum atomic E-state index is -4.22. The number of thiazole rings is 1. The molecule has 1 aliphatic carbocycles. The number of aryl methyl sites for hydroxylation is 1. The largest absolute Gasteiger partial charge is 0.347 e. The summed E-state index contributed by atoms with van der Waals surface area (Å²) in [6.07, 6.45) is 2.97. The van der Waals surface area contributed by atoms with Gasteiger partial charge in [0.25, 0.3) is 0 Å². The Hall–Kier alpha value is -2.85. The van der Waals surface area contributed by atoms with Crippen molar-refractivity contribution in [2.75, 3.05) is 0 Å². The van der Waals surface area contributed by atoms with Gasteiger partial charge in [-0.1, -0.05) is 19.1 Å². The van der Waals surface area contributed by atoms with Crippen LogP contribution in [-0.2, 0) is 16.4 Å². The molecule has 0 amide bonds. The van der Waals surface area contributed by atoms with Crippen molar-refractivity contribution in [1.82, 2.24) is 13.5 Å². The molecule has 5 rings (SSSR count). The number of aromatic nitrogens is 3. The zero-order valence-electron chi connectivity index (χ0n) is 17.1. The number of hydrogen-bond acceptors (Lipinski definition) is 5. The van der Waals surface area contributed by atoms with Gasteiger partial charge in [0.05, 0.1) is 26.2 Å². The minimum absolute atomic E-state index is 0.00334. The van der Waals surface area contributed by atoms with Crippen LogP contribution in [0.4, 0.5) is 8.78 Å². The monoisotopic (exact) mass is 475 g/mol. The molecule has 10 heteroatoms. The summed E-state index contributed by atoms with van der Waals surface area (Å²) < 4.78 is 58.6. The normalized spacial score (nSPS) is 15.5. The SMILES string of the molecule is C=CCC1(S(=O)(=O)n2c(=O)n(-c3ccc(CC)cc3F)c3c(F)c4ncsc4cc32)CC1. The van der Waals surface area contributed by atoms with Gasteiger partial charge < -0.3 is 0 Å². The first-order valence-corrected chi connectivity index (χ1v) is 12.4. The third-order valence-electron chi connectivity index (χ3n) is 6.10. The second kappa shape index (κ2) is 7.08. The van der Waals surface area contributed by atoms with Gasteiger partial charge in [0.1, 0.15) is 16.9 Å². The van der Waals surface area contributed by atoms with Gasteiger partial charge in [-0.3, -0.25) is 4.57 Å². The van der Waals surface area contributed by atoms with Crippen LogP contribution in [-0.4, -0.2) is 26.7 Å². The van der Waals surface area contributed by atoms with Crippen LogP contribution in [0, 0.1) is 11.6 Å². The number of nitrogens with zero attached hydrogens (tertiary/aromatic N) is 3. The van der Waals surface area contributed by atoms with Gasteiger partial charge >= 0.3 is 5.69 Å². The first-order chi connectivity index (χ1) is 15.3. The fourth-order valence-corrected chi connectivity index (χ4v) is 6.89. The fourth-order valence-electron chi connectivity index (χ4n) is 4.17. The molecule has 166 valence electrons. The lowest BCUT2D eigenvalue weighted by Gasteiger charge is -2.15. The zero-order valence-corrected chi connectivity index (χ0v) is 18.8. The summed E-state index contributed by atoms with van der Waals surface area (Å²) in [5.41, 5.74) is 0.450. The quantitative estimate of drug-likeness (QED) is 0.384. The molecule has 0 saturated heterocycles. The Kier molecular flexibility index (Phi) is 4.65. The van der Waals surface area contributed by atoms with E-state index in [9.17, 15) is 13.2 Å². The van der Waals surface area contributed by atoms with Crippen molar-refractivity contribution in [2.45, 2.75) is 37.4 Å². The Balaban J connectivity index is 1.93. The lowest BCUT2D eigenvalue weighted by atomic mass is 10.1.